The van der Waals surface area contributed by atoms with Gasteiger partial charge in [-0.1, -0.05) is 50.1 Å². The summed E-state index contributed by atoms with van der Waals surface area (Å²) in [5.74, 6) is 3.16. The Labute approximate surface area is 191 Å². The molecule has 32 heavy (non-hydrogen) atoms. The molecule has 0 aromatic carbocycles. The summed E-state index contributed by atoms with van der Waals surface area (Å²) >= 11 is 0. The van der Waals surface area contributed by atoms with Gasteiger partial charge in [0.25, 0.3) is 0 Å². The predicted molar refractivity (Wildman–Crippen MR) is 126 cm³/mol. The topological polar surface area (TPSA) is 75.4 Å². The molecule has 0 N–H and O–H groups in total. The van der Waals surface area contributed by atoms with E-state index in [1.807, 2.05) is 18.3 Å². The van der Waals surface area contributed by atoms with Crippen LogP contribution in [0.4, 0.5) is 5.82 Å². The van der Waals surface area contributed by atoms with Gasteiger partial charge in [-0.25, -0.2) is 4.98 Å². The number of likely N-dealkylation sites (N-methyl/N-ethyl adjacent to an activating group) is 1. The summed E-state index contributed by atoms with van der Waals surface area (Å²) in [5.41, 5.74) is 0.849. The minimum atomic E-state index is 0.00918. The van der Waals surface area contributed by atoms with Gasteiger partial charge in [-0.05, 0) is 38.4 Å². The molecule has 0 amide bonds. The SMILES string of the molecule is CC(=O)CC(CCCC1CCCCC1)c1nc(-c2ccc(N3CCN(C)CC3)nc2)no1. The van der Waals surface area contributed by atoms with Gasteiger partial charge in [0.15, 0.2) is 0 Å². The summed E-state index contributed by atoms with van der Waals surface area (Å²) in [6.45, 7) is 5.73. The lowest BCUT2D eigenvalue weighted by atomic mass is 9.84. The maximum absolute atomic E-state index is 11.9. The maximum Gasteiger partial charge on any atom is 0.230 e. The van der Waals surface area contributed by atoms with Gasteiger partial charge in [-0.15, -0.1) is 0 Å². The highest BCUT2D eigenvalue weighted by Crippen LogP contribution is 2.32. The third-order valence-corrected chi connectivity index (χ3v) is 7.05. The molecule has 2 aromatic heterocycles. The Kier molecular flexibility index (Phi) is 7.90. The first-order valence-corrected chi connectivity index (χ1v) is 12.3. The van der Waals surface area contributed by atoms with E-state index in [0.29, 0.717) is 18.1 Å². The number of anilines is 1. The first kappa shape index (κ1) is 22.9. The minimum Gasteiger partial charge on any atom is -0.354 e. The fourth-order valence-corrected chi connectivity index (χ4v) is 5.05. The van der Waals surface area contributed by atoms with Crippen LogP contribution in [0.2, 0.25) is 0 Å². The zero-order chi connectivity index (χ0) is 22.3. The van der Waals surface area contributed by atoms with Crippen molar-refractivity contribution in [3.63, 3.8) is 0 Å². The number of carbonyl (C=O) groups is 1. The molecule has 0 spiro atoms. The Balaban J connectivity index is 1.37. The van der Waals surface area contributed by atoms with Gasteiger partial charge in [0.1, 0.15) is 11.6 Å². The summed E-state index contributed by atoms with van der Waals surface area (Å²) in [7, 11) is 2.15. The summed E-state index contributed by atoms with van der Waals surface area (Å²) in [6, 6.07) is 4.05. The monoisotopic (exact) mass is 439 g/mol. The van der Waals surface area contributed by atoms with Gasteiger partial charge < -0.3 is 19.1 Å². The number of pyridine rings is 1. The smallest absolute Gasteiger partial charge is 0.230 e. The molecular weight excluding hydrogens is 402 g/mol. The van der Waals surface area contributed by atoms with E-state index in [0.717, 1.165) is 56.3 Å². The van der Waals surface area contributed by atoms with Crippen LogP contribution in [0.25, 0.3) is 11.4 Å². The van der Waals surface area contributed by atoms with E-state index in [-0.39, 0.29) is 11.7 Å². The largest absolute Gasteiger partial charge is 0.354 e. The van der Waals surface area contributed by atoms with Crippen molar-refractivity contribution in [2.24, 2.45) is 5.92 Å². The number of hydrogen-bond donors (Lipinski definition) is 0. The van der Waals surface area contributed by atoms with Crippen molar-refractivity contribution in [2.45, 2.75) is 70.6 Å². The quantitative estimate of drug-likeness (QED) is 0.561. The lowest BCUT2D eigenvalue weighted by molar-refractivity contribution is -0.117. The van der Waals surface area contributed by atoms with Gasteiger partial charge in [0.05, 0.1) is 0 Å². The molecule has 7 heteroatoms. The normalized spacial score (nSPS) is 19.2. The van der Waals surface area contributed by atoms with Crippen LogP contribution in [0, 0.1) is 5.92 Å². The van der Waals surface area contributed by atoms with E-state index in [4.69, 9.17) is 4.52 Å². The number of ketones is 1. The molecule has 0 bridgehead atoms. The molecule has 1 atom stereocenters. The molecule has 1 unspecified atom stereocenters. The second-order valence-corrected chi connectivity index (χ2v) is 9.69. The third-order valence-electron chi connectivity index (χ3n) is 7.05. The highest BCUT2D eigenvalue weighted by Gasteiger charge is 2.23. The number of hydrogen-bond acceptors (Lipinski definition) is 7. The Bertz CT molecular complexity index is 851. The summed E-state index contributed by atoms with van der Waals surface area (Å²) in [4.78, 5) is 25.8. The number of aromatic nitrogens is 3. The molecular formula is C25H37N5O2. The van der Waals surface area contributed by atoms with Crippen LogP contribution in [0.5, 0.6) is 0 Å². The minimum absolute atomic E-state index is 0.00918. The van der Waals surface area contributed by atoms with E-state index in [1.54, 1.807) is 6.92 Å². The van der Waals surface area contributed by atoms with Crippen LogP contribution in [0.3, 0.4) is 0 Å². The van der Waals surface area contributed by atoms with Crippen molar-refractivity contribution in [1.82, 2.24) is 20.0 Å². The zero-order valence-corrected chi connectivity index (χ0v) is 19.6. The highest BCUT2D eigenvalue weighted by atomic mass is 16.5. The molecule has 1 aliphatic heterocycles. The predicted octanol–water partition coefficient (Wildman–Crippen LogP) is 4.70. The number of nitrogens with zero attached hydrogens (tertiary/aromatic N) is 5. The summed E-state index contributed by atoms with van der Waals surface area (Å²) in [5, 5.41) is 4.21. The van der Waals surface area contributed by atoms with E-state index in [9.17, 15) is 4.79 Å². The summed E-state index contributed by atoms with van der Waals surface area (Å²) < 4.78 is 5.63. The number of Topliss-reactive ketones (excluding diaryl/α,β-unsaturated/α-hetero) is 1. The first-order chi connectivity index (χ1) is 15.6. The van der Waals surface area contributed by atoms with Crippen molar-refractivity contribution >= 4 is 11.6 Å². The second kappa shape index (κ2) is 11.0. The Morgan fingerprint density at radius 1 is 1.16 bits per heavy atom. The third kappa shape index (κ3) is 6.15. The van der Waals surface area contributed by atoms with Crippen LogP contribution in [0.15, 0.2) is 22.9 Å². The van der Waals surface area contributed by atoms with Crippen LogP contribution in [0.1, 0.15) is 76.5 Å². The molecule has 174 valence electrons. The molecule has 7 nitrogen and oxygen atoms in total. The van der Waals surface area contributed by atoms with Gasteiger partial charge in [0, 0.05) is 50.3 Å². The van der Waals surface area contributed by atoms with E-state index in [1.165, 1.54) is 38.5 Å². The Hall–Kier alpha value is -2.28. The molecule has 2 aromatic rings. The average molecular weight is 440 g/mol. The van der Waals surface area contributed by atoms with E-state index >= 15 is 0 Å². The first-order valence-electron chi connectivity index (χ1n) is 12.3. The average Bonchev–Trinajstić information content (AvgIpc) is 3.30. The van der Waals surface area contributed by atoms with Crippen molar-refractivity contribution < 1.29 is 9.32 Å². The lowest BCUT2D eigenvalue weighted by Gasteiger charge is -2.33. The van der Waals surface area contributed by atoms with E-state index in [2.05, 4.69) is 32.0 Å². The maximum atomic E-state index is 11.9. The van der Waals surface area contributed by atoms with Gasteiger partial charge in [0.2, 0.25) is 11.7 Å². The molecule has 3 heterocycles. The lowest BCUT2D eigenvalue weighted by Crippen LogP contribution is -2.44. The van der Waals surface area contributed by atoms with Crippen LogP contribution < -0.4 is 4.90 Å². The molecule has 1 saturated heterocycles. The second-order valence-electron chi connectivity index (χ2n) is 9.69. The van der Waals surface area contributed by atoms with Crippen molar-refractivity contribution in [1.29, 1.82) is 0 Å². The Morgan fingerprint density at radius 3 is 2.62 bits per heavy atom. The van der Waals surface area contributed by atoms with Crippen molar-refractivity contribution in [3.05, 3.63) is 24.2 Å². The van der Waals surface area contributed by atoms with Gasteiger partial charge in [-0.2, -0.15) is 4.98 Å². The molecule has 2 aliphatic rings. The number of piperazine rings is 1. The molecule has 1 saturated carbocycles. The molecule has 1 aliphatic carbocycles. The Morgan fingerprint density at radius 2 is 1.94 bits per heavy atom. The van der Waals surface area contributed by atoms with E-state index < -0.39 is 0 Å². The molecule has 4 rings (SSSR count). The highest BCUT2D eigenvalue weighted by molar-refractivity contribution is 5.76. The standard InChI is InChI=1S/C25H37N5O2/c1-19(31)17-21(10-6-9-20-7-4-3-5-8-20)25-27-24(28-32-25)22-11-12-23(26-18-22)30-15-13-29(2)14-16-30/h11-12,18,20-21H,3-10,13-17H2,1-2H3. The van der Waals surface area contributed by atoms with Gasteiger partial charge in [-0.3, -0.25) is 0 Å². The number of rotatable bonds is 9. The summed E-state index contributed by atoms with van der Waals surface area (Å²) in [6.07, 6.45) is 12.4. The van der Waals surface area contributed by atoms with Crippen molar-refractivity contribution in [3.8, 4) is 11.4 Å². The fourth-order valence-electron chi connectivity index (χ4n) is 5.05. The molecule has 0 radical (unpaired) electrons. The van der Waals surface area contributed by atoms with Crippen molar-refractivity contribution in [2.75, 3.05) is 38.1 Å². The van der Waals surface area contributed by atoms with Crippen LogP contribution in [-0.2, 0) is 4.79 Å². The van der Waals surface area contributed by atoms with Gasteiger partial charge >= 0.3 is 0 Å². The molecule has 2 fully saturated rings. The van der Waals surface area contributed by atoms with Crippen LogP contribution >= 0.6 is 0 Å². The zero-order valence-electron chi connectivity index (χ0n) is 19.6. The number of carbonyl (C=O) groups excluding carboxylic acids is 1. The fraction of sp³-hybridized carbons (Fsp3) is 0.680. The van der Waals surface area contributed by atoms with Crippen LogP contribution in [-0.4, -0.2) is 59.0 Å².